The molecule has 4 rings (SSSR count). The van der Waals surface area contributed by atoms with Gasteiger partial charge in [-0.3, -0.25) is 4.90 Å². The standard InChI is InChI=1S/C24H29ClN6OS/c1-17-3-8-21(18(2)15-17)27-23(32)26-9-10-30-11-13-31(14-12-30)24-28-22(29-33-24)16-19-4-6-20(25)7-5-19/h3-8,15H,9-14,16H2,1-2H3,(H2,26,27,32). The predicted octanol–water partition coefficient (Wildman–Crippen LogP) is 4.34. The molecule has 2 N–H and O–H groups in total. The molecule has 2 heterocycles. The fourth-order valence-electron chi connectivity index (χ4n) is 3.84. The molecule has 7 nitrogen and oxygen atoms in total. The first kappa shape index (κ1) is 23.5. The lowest BCUT2D eigenvalue weighted by molar-refractivity contribution is 0.240. The Labute approximate surface area is 203 Å². The van der Waals surface area contributed by atoms with Crippen molar-refractivity contribution in [1.82, 2.24) is 19.6 Å². The average molecular weight is 485 g/mol. The van der Waals surface area contributed by atoms with Crippen LogP contribution in [0.5, 0.6) is 0 Å². The Balaban J connectivity index is 1.17. The van der Waals surface area contributed by atoms with Gasteiger partial charge < -0.3 is 15.5 Å². The summed E-state index contributed by atoms with van der Waals surface area (Å²) in [7, 11) is 0. The maximum atomic E-state index is 12.2. The van der Waals surface area contributed by atoms with Gasteiger partial charge in [-0.2, -0.15) is 4.37 Å². The van der Waals surface area contributed by atoms with E-state index in [9.17, 15) is 4.79 Å². The zero-order valence-electron chi connectivity index (χ0n) is 19.0. The summed E-state index contributed by atoms with van der Waals surface area (Å²) in [5.41, 5.74) is 4.25. The summed E-state index contributed by atoms with van der Waals surface area (Å²) >= 11 is 7.42. The van der Waals surface area contributed by atoms with E-state index in [1.54, 1.807) is 0 Å². The Hall–Kier alpha value is -2.68. The lowest BCUT2D eigenvalue weighted by atomic mass is 10.1. The number of benzene rings is 2. The largest absolute Gasteiger partial charge is 0.344 e. The molecule has 0 saturated carbocycles. The number of urea groups is 1. The molecule has 33 heavy (non-hydrogen) atoms. The highest BCUT2D eigenvalue weighted by Crippen LogP contribution is 2.21. The highest BCUT2D eigenvalue weighted by atomic mass is 35.5. The van der Waals surface area contributed by atoms with Crippen LogP contribution in [0.25, 0.3) is 0 Å². The number of halogens is 1. The number of rotatable bonds is 7. The van der Waals surface area contributed by atoms with Crippen LogP contribution in [-0.4, -0.2) is 59.6 Å². The Morgan fingerprint density at radius 3 is 2.58 bits per heavy atom. The number of hydrogen-bond donors (Lipinski definition) is 2. The van der Waals surface area contributed by atoms with E-state index in [2.05, 4.69) is 30.9 Å². The zero-order valence-corrected chi connectivity index (χ0v) is 20.5. The Kier molecular flexibility index (Phi) is 7.80. The molecule has 9 heteroatoms. The number of carbonyl (C=O) groups excluding carboxylic acids is 1. The monoisotopic (exact) mass is 484 g/mol. The summed E-state index contributed by atoms with van der Waals surface area (Å²) in [6.45, 7) is 9.17. The van der Waals surface area contributed by atoms with Crippen molar-refractivity contribution in [1.29, 1.82) is 0 Å². The molecule has 0 bridgehead atoms. The fourth-order valence-corrected chi connectivity index (χ4v) is 4.70. The molecule has 2 aromatic carbocycles. The molecule has 1 aliphatic rings. The van der Waals surface area contributed by atoms with E-state index < -0.39 is 0 Å². The van der Waals surface area contributed by atoms with Gasteiger partial charge in [0.05, 0.1) is 0 Å². The SMILES string of the molecule is Cc1ccc(NC(=O)NCCN2CCN(c3nc(Cc4ccc(Cl)cc4)ns3)CC2)c(C)c1. The van der Waals surface area contributed by atoms with Crippen molar-refractivity contribution < 1.29 is 4.79 Å². The molecule has 3 aromatic rings. The first-order valence-electron chi connectivity index (χ1n) is 11.1. The molecule has 0 unspecified atom stereocenters. The van der Waals surface area contributed by atoms with Crippen molar-refractivity contribution in [3.63, 3.8) is 0 Å². The maximum absolute atomic E-state index is 12.2. The van der Waals surface area contributed by atoms with Gasteiger partial charge in [-0.25, -0.2) is 9.78 Å². The van der Waals surface area contributed by atoms with Crippen LogP contribution in [-0.2, 0) is 6.42 Å². The van der Waals surface area contributed by atoms with Crippen LogP contribution in [0, 0.1) is 13.8 Å². The van der Waals surface area contributed by atoms with Crippen LogP contribution in [0.1, 0.15) is 22.5 Å². The molecule has 0 spiro atoms. The summed E-state index contributed by atoms with van der Waals surface area (Å²) in [5.74, 6) is 0.846. The number of amides is 2. The lowest BCUT2D eigenvalue weighted by Gasteiger charge is -2.34. The molecule has 174 valence electrons. The minimum atomic E-state index is -0.164. The molecule has 0 aliphatic carbocycles. The van der Waals surface area contributed by atoms with Gasteiger partial charge in [0.1, 0.15) is 5.82 Å². The smallest absolute Gasteiger partial charge is 0.319 e. The van der Waals surface area contributed by atoms with E-state index in [1.807, 2.05) is 50.2 Å². The van der Waals surface area contributed by atoms with E-state index in [-0.39, 0.29) is 6.03 Å². The number of piperazine rings is 1. The van der Waals surface area contributed by atoms with Crippen molar-refractivity contribution in [2.45, 2.75) is 20.3 Å². The molecule has 1 aliphatic heterocycles. The summed E-state index contributed by atoms with van der Waals surface area (Å²) in [6, 6.07) is 13.7. The van der Waals surface area contributed by atoms with E-state index >= 15 is 0 Å². The van der Waals surface area contributed by atoms with Gasteiger partial charge in [0.15, 0.2) is 0 Å². The molecule has 2 amide bonds. The Bertz CT molecular complexity index is 1080. The van der Waals surface area contributed by atoms with Gasteiger partial charge in [0.2, 0.25) is 5.13 Å². The number of nitrogens with one attached hydrogen (secondary N) is 2. The molecule has 1 aromatic heterocycles. The van der Waals surface area contributed by atoms with Gasteiger partial charge in [-0.05, 0) is 43.2 Å². The van der Waals surface area contributed by atoms with Crippen molar-refractivity contribution in [2.75, 3.05) is 49.5 Å². The summed E-state index contributed by atoms with van der Waals surface area (Å²) < 4.78 is 4.53. The Morgan fingerprint density at radius 1 is 1.09 bits per heavy atom. The predicted molar refractivity (Wildman–Crippen MR) is 136 cm³/mol. The molecule has 0 radical (unpaired) electrons. The van der Waals surface area contributed by atoms with Crippen molar-refractivity contribution in [3.05, 3.63) is 70.0 Å². The first-order chi connectivity index (χ1) is 16.0. The fraction of sp³-hybridized carbons (Fsp3) is 0.375. The summed E-state index contributed by atoms with van der Waals surface area (Å²) in [5, 5.41) is 7.60. The number of aromatic nitrogens is 2. The van der Waals surface area contributed by atoms with E-state index in [1.165, 1.54) is 17.1 Å². The van der Waals surface area contributed by atoms with Gasteiger partial charge in [-0.15, -0.1) is 0 Å². The summed E-state index contributed by atoms with van der Waals surface area (Å²) in [6.07, 6.45) is 0.712. The number of carbonyl (C=O) groups is 1. The van der Waals surface area contributed by atoms with Crippen molar-refractivity contribution >= 4 is 40.0 Å². The second-order valence-corrected chi connectivity index (χ2v) is 9.49. The van der Waals surface area contributed by atoms with E-state index in [0.717, 1.165) is 65.5 Å². The minimum absolute atomic E-state index is 0.164. The van der Waals surface area contributed by atoms with Crippen LogP contribution in [0.2, 0.25) is 5.02 Å². The maximum Gasteiger partial charge on any atom is 0.319 e. The first-order valence-corrected chi connectivity index (χ1v) is 12.3. The van der Waals surface area contributed by atoms with Crippen LogP contribution >= 0.6 is 23.1 Å². The van der Waals surface area contributed by atoms with Crippen LogP contribution in [0.4, 0.5) is 15.6 Å². The zero-order chi connectivity index (χ0) is 23.2. The molecule has 0 atom stereocenters. The highest BCUT2D eigenvalue weighted by Gasteiger charge is 2.20. The summed E-state index contributed by atoms with van der Waals surface area (Å²) in [4.78, 5) is 21.6. The third-order valence-corrected chi connectivity index (χ3v) is 6.79. The third kappa shape index (κ3) is 6.66. The second kappa shape index (κ2) is 11.0. The van der Waals surface area contributed by atoms with Crippen LogP contribution in [0.15, 0.2) is 42.5 Å². The lowest BCUT2D eigenvalue weighted by Crippen LogP contribution is -2.48. The topological polar surface area (TPSA) is 73.4 Å². The van der Waals surface area contributed by atoms with Crippen LogP contribution < -0.4 is 15.5 Å². The van der Waals surface area contributed by atoms with E-state index in [0.29, 0.717) is 13.0 Å². The average Bonchev–Trinajstić information content (AvgIpc) is 3.26. The Morgan fingerprint density at radius 2 is 1.85 bits per heavy atom. The van der Waals surface area contributed by atoms with Crippen molar-refractivity contribution in [2.24, 2.45) is 0 Å². The molecule has 1 saturated heterocycles. The van der Waals surface area contributed by atoms with E-state index in [4.69, 9.17) is 16.6 Å². The minimum Gasteiger partial charge on any atom is -0.344 e. The van der Waals surface area contributed by atoms with Gasteiger partial charge in [-0.1, -0.05) is 41.4 Å². The highest BCUT2D eigenvalue weighted by molar-refractivity contribution is 7.09. The number of nitrogens with zero attached hydrogens (tertiary/aromatic N) is 4. The quantitative estimate of drug-likeness (QED) is 0.521. The number of hydrogen-bond acceptors (Lipinski definition) is 6. The number of anilines is 2. The van der Waals surface area contributed by atoms with Crippen LogP contribution in [0.3, 0.4) is 0 Å². The van der Waals surface area contributed by atoms with Gasteiger partial charge in [0, 0.05) is 67.9 Å². The third-order valence-electron chi connectivity index (χ3n) is 5.72. The number of aryl methyl sites for hydroxylation is 2. The molecular weight excluding hydrogens is 456 g/mol. The normalized spacial score (nSPS) is 14.3. The second-order valence-electron chi connectivity index (χ2n) is 8.32. The molecule has 1 fully saturated rings. The van der Waals surface area contributed by atoms with Crippen molar-refractivity contribution in [3.8, 4) is 0 Å². The van der Waals surface area contributed by atoms with Gasteiger partial charge >= 0.3 is 6.03 Å². The van der Waals surface area contributed by atoms with Gasteiger partial charge in [0.25, 0.3) is 0 Å². The molecular formula is C24H29ClN6OS.